The molecule has 98 valence electrons. The minimum Gasteiger partial charge on any atom is -0.354 e. The van der Waals surface area contributed by atoms with Gasteiger partial charge in [0.05, 0.1) is 6.54 Å². The van der Waals surface area contributed by atoms with Crippen LogP contribution in [0.5, 0.6) is 0 Å². The molecule has 1 saturated heterocycles. The highest BCUT2D eigenvalue weighted by atomic mass is 16.7. The summed E-state index contributed by atoms with van der Waals surface area (Å²) in [5.74, 6) is -0.896. The Balaban J connectivity index is 2.56. The van der Waals surface area contributed by atoms with Crippen LogP contribution >= 0.6 is 0 Å². The van der Waals surface area contributed by atoms with Gasteiger partial charge >= 0.3 is 11.8 Å². The average Bonchev–Trinajstić information content (AvgIpc) is 2.34. The minimum atomic E-state index is -0.482. The zero-order valence-electron chi connectivity index (χ0n) is 10.6. The summed E-state index contributed by atoms with van der Waals surface area (Å²) >= 11 is 0. The number of carbonyl (C=O) groups excluding carboxylic acids is 2. The molecule has 0 unspecified atom stereocenters. The second-order valence-corrected chi connectivity index (χ2v) is 3.94. The fourth-order valence-electron chi connectivity index (χ4n) is 1.80. The van der Waals surface area contributed by atoms with Gasteiger partial charge < -0.3 is 19.3 Å². The maximum Gasteiger partial charge on any atom is 0.312 e. The van der Waals surface area contributed by atoms with E-state index in [1.54, 1.807) is 4.90 Å². The third-order valence-electron chi connectivity index (χ3n) is 2.79. The Morgan fingerprint density at radius 1 is 1.12 bits per heavy atom. The second-order valence-electron chi connectivity index (χ2n) is 3.94. The van der Waals surface area contributed by atoms with E-state index in [0.717, 1.165) is 6.42 Å². The molecule has 0 bridgehead atoms. The minimum absolute atomic E-state index is 0.289. The van der Waals surface area contributed by atoms with Crippen molar-refractivity contribution in [3.05, 3.63) is 0 Å². The van der Waals surface area contributed by atoms with Crippen molar-refractivity contribution in [2.24, 2.45) is 0 Å². The molecule has 0 radical (unpaired) electrons. The predicted molar refractivity (Wildman–Crippen MR) is 61.3 cm³/mol. The van der Waals surface area contributed by atoms with Crippen molar-refractivity contribution in [1.82, 2.24) is 9.80 Å². The van der Waals surface area contributed by atoms with Gasteiger partial charge in [0.1, 0.15) is 0 Å². The van der Waals surface area contributed by atoms with Gasteiger partial charge in [0, 0.05) is 33.9 Å². The van der Waals surface area contributed by atoms with E-state index >= 15 is 0 Å². The molecule has 0 aromatic carbocycles. The molecule has 0 N–H and O–H groups in total. The van der Waals surface area contributed by atoms with Crippen molar-refractivity contribution >= 4 is 11.8 Å². The Labute approximate surface area is 101 Å². The normalized spacial score (nSPS) is 17.2. The van der Waals surface area contributed by atoms with E-state index in [1.165, 1.54) is 19.1 Å². The standard InChI is InChI=1S/C11H20N2O4/c1-4-5-12-6-7-13(11(15)10(12)14)8-9(16-2)17-3/h9H,4-8H2,1-3H3. The van der Waals surface area contributed by atoms with Gasteiger partial charge in [-0.25, -0.2) is 0 Å². The fourth-order valence-corrected chi connectivity index (χ4v) is 1.80. The Morgan fingerprint density at radius 2 is 1.65 bits per heavy atom. The summed E-state index contributed by atoms with van der Waals surface area (Å²) in [6.45, 7) is 4.02. The molecular weight excluding hydrogens is 224 g/mol. The van der Waals surface area contributed by atoms with Crippen LogP contribution < -0.4 is 0 Å². The molecule has 1 aliphatic rings. The van der Waals surface area contributed by atoms with Crippen molar-refractivity contribution in [3.63, 3.8) is 0 Å². The van der Waals surface area contributed by atoms with Crippen LogP contribution in [0.2, 0.25) is 0 Å². The van der Waals surface area contributed by atoms with Crippen LogP contribution in [0.4, 0.5) is 0 Å². The van der Waals surface area contributed by atoms with Crippen LogP contribution in [0.3, 0.4) is 0 Å². The molecule has 1 heterocycles. The van der Waals surface area contributed by atoms with Gasteiger partial charge in [-0.2, -0.15) is 0 Å². The van der Waals surface area contributed by atoms with Crippen molar-refractivity contribution in [2.45, 2.75) is 19.6 Å². The Bertz CT molecular complexity index is 279. The molecule has 6 heteroatoms. The van der Waals surface area contributed by atoms with Crippen LogP contribution in [-0.4, -0.2) is 68.3 Å². The number of hydrogen-bond acceptors (Lipinski definition) is 4. The molecule has 0 saturated carbocycles. The summed E-state index contributed by atoms with van der Waals surface area (Å²) in [5, 5.41) is 0. The monoisotopic (exact) mass is 244 g/mol. The lowest BCUT2D eigenvalue weighted by atomic mass is 10.2. The summed E-state index contributed by atoms with van der Waals surface area (Å²) in [6, 6.07) is 0. The van der Waals surface area contributed by atoms with E-state index in [-0.39, 0.29) is 6.54 Å². The molecule has 0 aliphatic carbocycles. The lowest BCUT2D eigenvalue weighted by Crippen LogP contribution is -2.56. The number of rotatable bonds is 6. The lowest BCUT2D eigenvalue weighted by molar-refractivity contribution is -0.163. The van der Waals surface area contributed by atoms with E-state index in [4.69, 9.17) is 9.47 Å². The van der Waals surface area contributed by atoms with Gasteiger partial charge in [-0.1, -0.05) is 6.92 Å². The average molecular weight is 244 g/mol. The van der Waals surface area contributed by atoms with E-state index < -0.39 is 18.1 Å². The summed E-state index contributed by atoms with van der Waals surface area (Å²) in [4.78, 5) is 26.6. The van der Waals surface area contributed by atoms with E-state index in [2.05, 4.69) is 0 Å². The maximum absolute atomic E-state index is 11.8. The first-order valence-corrected chi connectivity index (χ1v) is 5.77. The summed E-state index contributed by atoms with van der Waals surface area (Å²) in [7, 11) is 3.02. The predicted octanol–water partition coefficient (Wildman–Crippen LogP) is -0.314. The topological polar surface area (TPSA) is 59.1 Å². The maximum atomic E-state index is 11.8. The molecule has 0 aromatic heterocycles. The highest BCUT2D eigenvalue weighted by Gasteiger charge is 2.33. The van der Waals surface area contributed by atoms with Gasteiger partial charge in [-0.15, -0.1) is 0 Å². The SMILES string of the molecule is CCCN1CCN(CC(OC)OC)C(=O)C1=O. The van der Waals surface area contributed by atoms with Crippen LogP contribution in [0.15, 0.2) is 0 Å². The first kappa shape index (κ1) is 13.9. The summed E-state index contributed by atoms with van der Waals surface area (Å²) in [6.07, 6.45) is 0.377. The highest BCUT2D eigenvalue weighted by molar-refractivity contribution is 6.35. The third-order valence-corrected chi connectivity index (χ3v) is 2.79. The third kappa shape index (κ3) is 3.41. The fraction of sp³-hybridized carbons (Fsp3) is 0.818. The van der Waals surface area contributed by atoms with Crippen LogP contribution in [0.25, 0.3) is 0 Å². The molecular formula is C11H20N2O4. The first-order valence-electron chi connectivity index (χ1n) is 5.77. The summed E-state index contributed by atoms with van der Waals surface area (Å²) < 4.78 is 10.0. The van der Waals surface area contributed by atoms with Gasteiger partial charge in [0.15, 0.2) is 6.29 Å². The zero-order chi connectivity index (χ0) is 12.8. The number of amides is 2. The number of nitrogens with zero attached hydrogens (tertiary/aromatic N) is 2. The van der Waals surface area contributed by atoms with Crippen molar-refractivity contribution in [1.29, 1.82) is 0 Å². The van der Waals surface area contributed by atoms with Gasteiger partial charge in [0.25, 0.3) is 0 Å². The highest BCUT2D eigenvalue weighted by Crippen LogP contribution is 2.07. The number of methoxy groups -OCH3 is 2. The quantitative estimate of drug-likeness (QED) is 0.475. The molecule has 0 aromatic rings. The van der Waals surface area contributed by atoms with E-state index in [0.29, 0.717) is 19.6 Å². The molecule has 0 spiro atoms. The van der Waals surface area contributed by atoms with Crippen LogP contribution in [0.1, 0.15) is 13.3 Å². The molecule has 17 heavy (non-hydrogen) atoms. The molecule has 1 rings (SSSR count). The lowest BCUT2D eigenvalue weighted by Gasteiger charge is -2.34. The van der Waals surface area contributed by atoms with Crippen molar-refractivity contribution in [3.8, 4) is 0 Å². The van der Waals surface area contributed by atoms with E-state index in [9.17, 15) is 9.59 Å². The van der Waals surface area contributed by atoms with E-state index in [1.807, 2.05) is 6.92 Å². The number of piperazine rings is 1. The van der Waals surface area contributed by atoms with Crippen molar-refractivity contribution < 1.29 is 19.1 Å². The first-order chi connectivity index (χ1) is 8.13. The molecule has 6 nitrogen and oxygen atoms in total. The van der Waals surface area contributed by atoms with Crippen LogP contribution in [-0.2, 0) is 19.1 Å². The largest absolute Gasteiger partial charge is 0.354 e. The Kier molecular flexibility index (Phi) is 5.37. The zero-order valence-corrected chi connectivity index (χ0v) is 10.6. The number of carbonyl (C=O) groups is 2. The second kappa shape index (κ2) is 6.56. The molecule has 1 fully saturated rings. The van der Waals surface area contributed by atoms with Crippen molar-refractivity contribution in [2.75, 3.05) is 40.4 Å². The Morgan fingerprint density at radius 3 is 2.18 bits per heavy atom. The molecule has 1 aliphatic heterocycles. The van der Waals surface area contributed by atoms with Gasteiger partial charge in [-0.3, -0.25) is 9.59 Å². The van der Waals surface area contributed by atoms with Gasteiger partial charge in [-0.05, 0) is 6.42 Å². The summed E-state index contributed by atoms with van der Waals surface area (Å²) in [5.41, 5.74) is 0. The number of hydrogen-bond donors (Lipinski definition) is 0. The number of ether oxygens (including phenoxy) is 2. The van der Waals surface area contributed by atoms with Gasteiger partial charge in [0.2, 0.25) is 0 Å². The molecule has 0 atom stereocenters. The van der Waals surface area contributed by atoms with Crippen LogP contribution in [0, 0.1) is 0 Å². The molecule has 2 amide bonds. The smallest absolute Gasteiger partial charge is 0.312 e. The Hall–Kier alpha value is -1.14.